The van der Waals surface area contributed by atoms with Crippen LogP contribution in [0, 0.1) is 11.3 Å². The highest BCUT2D eigenvalue weighted by atomic mass is 16.5. The molecule has 8 heteroatoms. The molecule has 28 heavy (non-hydrogen) atoms. The fraction of sp³-hybridized carbons (Fsp3) is 0.200. The molecular formula is C20H18N4O4. The molecule has 0 aliphatic carbocycles. The maximum atomic E-state index is 12.9. The SMILES string of the molecule is COc1cccc([C@@]2(C)NC(=O)N(/N=C\c3ccc(OCC#N)cc3)C2=O)c1. The molecule has 8 nitrogen and oxygen atoms in total. The number of carbonyl (C=O) groups excluding carboxylic acids is 2. The second-order valence-electron chi connectivity index (χ2n) is 6.16. The van der Waals surface area contributed by atoms with E-state index in [0.29, 0.717) is 22.6 Å². The monoisotopic (exact) mass is 378 g/mol. The molecule has 0 unspecified atom stereocenters. The van der Waals surface area contributed by atoms with Crippen LogP contribution in [-0.4, -0.2) is 36.9 Å². The van der Waals surface area contributed by atoms with Gasteiger partial charge in [0, 0.05) is 0 Å². The first-order valence-corrected chi connectivity index (χ1v) is 8.43. The van der Waals surface area contributed by atoms with Crippen LogP contribution in [0.4, 0.5) is 4.79 Å². The topological polar surface area (TPSA) is 104 Å². The predicted molar refractivity (Wildman–Crippen MR) is 101 cm³/mol. The summed E-state index contributed by atoms with van der Waals surface area (Å²) in [4.78, 5) is 25.2. The minimum Gasteiger partial charge on any atom is -0.497 e. The number of hydrogen-bond donors (Lipinski definition) is 1. The minimum absolute atomic E-state index is 0.0429. The van der Waals surface area contributed by atoms with Crippen LogP contribution in [0.1, 0.15) is 18.1 Å². The summed E-state index contributed by atoms with van der Waals surface area (Å²) in [6.07, 6.45) is 1.41. The lowest BCUT2D eigenvalue weighted by Crippen LogP contribution is -2.40. The Kier molecular flexibility index (Phi) is 5.27. The number of amides is 3. The lowest BCUT2D eigenvalue weighted by Gasteiger charge is -2.21. The zero-order chi connectivity index (χ0) is 20.1. The van der Waals surface area contributed by atoms with E-state index in [9.17, 15) is 9.59 Å². The quantitative estimate of drug-likeness (QED) is 0.614. The van der Waals surface area contributed by atoms with Gasteiger partial charge in [-0.05, 0) is 54.4 Å². The van der Waals surface area contributed by atoms with Crippen LogP contribution >= 0.6 is 0 Å². The van der Waals surface area contributed by atoms with Crippen molar-refractivity contribution in [1.82, 2.24) is 10.3 Å². The van der Waals surface area contributed by atoms with Gasteiger partial charge in [-0.15, -0.1) is 5.01 Å². The number of hydrazone groups is 1. The van der Waals surface area contributed by atoms with Crippen molar-refractivity contribution in [2.24, 2.45) is 5.10 Å². The van der Waals surface area contributed by atoms with Gasteiger partial charge in [-0.1, -0.05) is 12.1 Å². The minimum atomic E-state index is -1.24. The zero-order valence-electron chi connectivity index (χ0n) is 15.4. The van der Waals surface area contributed by atoms with Crippen molar-refractivity contribution in [1.29, 1.82) is 5.26 Å². The van der Waals surface area contributed by atoms with Gasteiger partial charge in [-0.2, -0.15) is 10.4 Å². The Bertz CT molecular complexity index is 965. The van der Waals surface area contributed by atoms with E-state index >= 15 is 0 Å². The van der Waals surface area contributed by atoms with Crippen molar-refractivity contribution in [3.63, 3.8) is 0 Å². The Hall–Kier alpha value is -3.86. The molecule has 1 atom stereocenters. The van der Waals surface area contributed by atoms with Gasteiger partial charge in [0.15, 0.2) is 6.61 Å². The molecule has 0 bridgehead atoms. The van der Waals surface area contributed by atoms with Crippen molar-refractivity contribution in [2.75, 3.05) is 13.7 Å². The number of hydrogen-bond acceptors (Lipinski definition) is 6. The average Bonchev–Trinajstić information content (AvgIpc) is 2.95. The van der Waals surface area contributed by atoms with Crippen LogP contribution in [0.2, 0.25) is 0 Å². The Balaban J connectivity index is 1.78. The third-order valence-electron chi connectivity index (χ3n) is 4.32. The van der Waals surface area contributed by atoms with Crippen molar-refractivity contribution in [2.45, 2.75) is 12.5 Å². The van der Waals surface area contributed by atoms with E-state index < -0.39 is 17.5 Å². The number of nitrogens with zero attached hydrogens (tertiary/aromatic N) is 3. The largest absolute Gasteiger partial charge is 0.497 e. The number of benzene rings is 2. The highest BCUT2D eigenvalue weighted by molar-refractivity contribution is 6.07. The summed E-state index contributed by atoms with van der Waals surface area (Å²) in [5, 5.41) is 16.0. The molecule has 0 saturated carbocycles. The van der Waals surface area contributed by atoms with E-state index in [2.05, 4.69) is 10.4 Å². The third-order valence-corrected chi connectivity index (χ3v) is 4.32. The molecule has 0 spiro atoms. The van der Waals surface area contributed by atoms with E-state index in [-0.39, 0.29) is 6.61 Å². The molecule has 1 fully saturated rings. The highest BCUT2D eigenvalue weighted by Gasteiger charge is 2.49. The Morgan fingerprint density at radius 2 is 1.96 bits per heavy atom. The number of imide groups is 1. The number of rotatable bonds is 6. The molecule has 3 rings (SSSR count). The highest BCUT2D eigenvalue weighted by Crippen LogP contribution is 2.31. The molecule has 1 saturated heterocycles. The lowest BCUT2D eigenvalue weighted by molar-refractivity contribution is -0.131. The summed E-state index contributed by atoms with van der Waals surface area (Å²) < 4.78 is 10.4. The molecule has 1 aliphatic rings. The van der Waals surface area contributed by atoms with E-state index in [1.807, 2.05) is 6.07 Å². The van der Waals surface area contributed by atoms with Crippen molar-refractivity contribution >= 4 is 18.2 Å². The predicted octanol–water partition coefficient (Wildman–Crippen LogP) is 2.40. The van der Waals surface area contributed by atoms with E-state index in [1.54, 1.807) is 55.5 Å². The number of nitrogens with one attached hydrogen (secondary N) is 1. The number of methoxy groups -OCH3 is 1. The Morgan fingerprint density at radius 3 is 2.64 bits per heavy atom. The first-order valence-electron chi connectivity index (χ1n) is 8.43. The summed E-state index contributed by atoms with van der Waals surface area (Å²) in [5.74, 6) is 0.636. The average molecular weight is 378 g/mol. The van der Waals surface area contributed by atoms with Crippen LogP contribution in [0.3, 0.4) is 0 Å². The maximum absolute atomic E-state index is 12.9. The fourth-order valence-corrected chi connectivity index (χ4v) is 2.75. The lowest BCUT2D eigenvalue weighted by atomic mass is 9.92. The molecule has 2 aromatic rings. The summed E-state index contributed by atoms with van der Waals surface area (Å²) >= 11 is 0. The van der Waals surface area contributed by atoms with Crippen LogP contribution in [0.15, 0.2) is 53.6 Å². The smallest absolute Gasteiger partial charge is 0.346 e. The van der Waals surface area contributed by atoms with Gasteiger partial charge in [-0.3, -0.25) is 4.79 Å². The van der Waals surface area contributed by atoms with Gasteiger partial charge in [0.05, 0.1) is 13.3 Å². The molecule has 0 aromatic heterocycles. The van der Waals surface area contributed by atoms with Crippen molar-refractivity contribution in [3.05, 3.63) is 59.7 Å². The fourth-order valence-electron chi connectivity index (χ4n) is 2.75. The molecule has 1 N–H and O–H groups in total. The van der Waals surface area contributed by atoms with Gasteiger partial charge in [0.25, 0.3) is 5.91 Å². The molecule has 0 radical (unpaired) electrons. The third kappa shape index (κ3) is 3.64. The van der Waals surface area contributed by atoms with Gasteiger partial charge < -0.3 is 14.8 Å². The van der Waals surface area contributed by atoms with Crippen LogP contribution in [-0.2, 0) is 10.3 Å². The number of urea groups is 1. The second-order valence-corrected chi connectivity index (χ2v) is 6.16. The first kappa shape index (κ1) is 18.9. The molecule has 2 aromatic carbocycles. The van der Waals surface area contributed by atoms with Crippen molar-refractivity contribution < 1.29 is 19.1 Å². The van der Waals surface area contributed by atoms with Gasteiger partial charge in [-0.25, -0.2) is 4.79 Å². The van der Waals surface area contributed by atoms with Gasteiger partial charge >= 0.3 is 6.03 Å². The number of carbonyl (C=O) groups is 2. The Morgan fingerprint density at radius 1 is 1.21 bits per heavy atom. The van der Waals surface area contributed by atoms with Gasteiger partial charge in [0.2, 0.25) is 0 Å². The summed E-state index contributed by atoms with van der Waals surface area (Å²) in [5.41, 5.74) is 0.0274. The molecule has 1 aliphatic heterocycles. The van der Waals surface area contributed by atoms with Crippen LogP contribution in [0.5, 0.6) is 11.5 Å². The Labute approximate surface area is 162 Å². The number of ether oxygens (including phenoxy) is 2. The van der Waals surface area contributed by atoms with Crippen LogP contribution < -0.4 is 14.8 Å². The summed E-state index contributed by atoms with van der Waals surface area (Å²) in [6.45, 7) is 1.58. The zero-order valence-corrected chi connectivity index (χ0v) is 15.4. The maximum Gasteiger partial charge on any atom is 0.346 e. The second kappa shape index (κ2) is 7.80. The molecule has 142 valence electrons. The normalized spacial score (nSPS) is 18.8. The van der Waals surface area contributed by atoms with E-state index in [0.717, 1.165) is 5.01 Å². The summed E-state index contributed by atoms with van der Waals surface area (Å²) in [6, 6.07) is 15.0. The first-order chi connectivity index (χ1) is 13.5. The van der Waals surface area contributed by atoms with Crippen LogP contribution in [0.25, 0.3) is 0 Å². The molecular weight excluding hydrogens is 360 g/mol. The van der Waals surface area contributed by atoms with Crippen molar-refractivity contribution in [3.8, 4) is 17.6 Å². The van der Waals surface area contributed by atoms with E-state index in [1.165, 1.54) is 13.3 Å². The molecule has 3 amide bonds. The standard InChI is InChI=1S/C20H18N4O4/c1-20(15-4-3-5-17(12-15)27-2)18(25)24(19(26)23-20)22-13-14-6-8-16(9-7-14)28-11-10-21/h3-9,12-13H,11H2,1-2H3,(H,23,26)/b22-13-/t20-/m1/s1. The molecule has 1 heterocycles. The number of nitriles is 1. The van der Waals surface area contributed by atoms with Gasteiger partial charge in [0.1, 0.15) is 23.1 Å². The van der Waals surface area contributed by atoms with E-state index in [4.69, 9.17) is 14.7 Å². The summed E-state index contributed by atoms with van der Waals surface area (Å²) in [7, 11) is 1.53.